The van der Waals surface area contributed by atoms with Gasteiger partial charge >= 0.3 is 0 Å². The van der Waals surface area contributed by atoms with E-state index in [4.69, 9.17) is 16.3 Å². The molecule has 2 aromatic carbocycles. The molecule has 0 atom stereocenters. The van der Waals surface area contributed by atoms with Crippen molar-refractivity contribution >= 4 is 38.9 Å². The Morgan fingerprint density at radius 3 is 2.52 bits per heavy atom. The van der Waals surface area contributed by atoms with Crippen molar-refractivity contribution in [1.29, 1.82) is 0 Å². The van der Waals surface area contributed by atoms with E-state index >= 15 is 0 Å². The molecule has 0 aliphatic heterocycles. The van der Waals surface area contributed by atoms with Crippen molar-refractivity contribution in [2.75, 3.05) is 24.5 Å². The summed E-state index contributed by atoms with van der Waals surface area (Å²) in [7, 11) is -3.03. The molecule has 9 nitrogen and oxygen atoms in total. The molecular formula is C20H24ClN3O6S. The van der Waals surface area contributed by atoms with Crippen LogP contribution in [0.15, 0.2) is 41.3 Å². The number of rotatable bonds is 9. The number of nitro groups is 1. The van der Waals surface area contributed by atoms with E-state index in [9.17, 15) is 23.3 Å². The molecule has 0 saturated carbocycles. The van der Waals surface area contributed by atoms with Gasteiger partial charge in [0.25, 0.3) is 15.7 Å². The van der Waals surface area contributed by atoms with Gasteiger partial charge in [0.1, 0.15) is 12.3 Å². The summed E-state index contributed by atoms with van der Waals surface area (Å²) >= 11 is 6.07. The average molecular weight is 470 g/mol. The lowest BCUT2D eigenvalue weighted by Crippen LogP contribution is -2.42. The number of ether oxygens (including phenoxy) is 1. The highest BCUT2D eigenvalue weighted by atomic mass is 35.5. The number of amides is 1. The van der Waals surface area contributed by atoms with Crippen LogP contribution in [0.4, 0.5) is 11.4 Å². The van der Waals surface area contributed by atoms with Gasteiger partial charge in [-0.3, -0.25) is 19.2 Å². The summed E-state index contributed by atoms with van der Waals surface area (Å²) in [6, 6.07) is 7.93. The molecule has 0 aliphatic carbocycles. The van der Waals surface area contributed by atoms with Gasteiger partial charge in [-0.25, -0.2) is 8.42 Å². The zero-order valence-electron chi connectivity index (χ0n) is 17.6. The second-order valence-electron chi connectivity index (χ2n) is 7.23. The van der Waals surface area contributed by atoms with E-state index in [-0.39, 0.29) is 33.0 Å². The summed E-state index contributed by atoms with van der Waals surface area (Å²) in [5.41, 5.74) is 0.00628. The second-order valence-corrected chi connectivity index (χ2v) is 9.53. The average Bonchev–Trinajstić information content (AvgIpc) is 2.70. The van der Waals surface area contributed by atoms with E-state index in [1.54, 1.807) is 0 Å². The highest BCUT2D eigenvalue weighted by Crippen LogP contribution is 2.35. The third kappa shape index (κ3) is 5.86. The van der Waals surface area contributed by atoms with Gasteiger partial charge in [0, 0.05) is 23.2 Å². The molecule has 0 spiro atoms. The van der Waals surface area contributed by atoms with Crippen LogP contribution in [0.3, 0.4) is 0 Å². The number of aryl methyl sites for hydroxylation is 1. The Morgan fingerprint density at radius 1 is 1.26 bits per heavy atom. The molecular weight excluding hydrogens is 446 g/mol. The molecule has 0 radical (unpaired) electrons. The van der Waals surface area contributed by atoms with Crippen molar-refractivity contribution in [3.63, 3.8) is 0 Å². The van der Waals surface area contributed by atoms with Crippen LogP contribution in [0, 0.1) is 23.0 Å². The third-order valence-corrected chi connectivity index (χ3v) is 6.36. The van der Waals surface area contributed by atoms with E-state index in [1.165, 1.54) is 44.4 Å². The van der Waals surface area contributed by atoms with E-state index in [2.05, 4.69) is 5.32 Å². The first-order valence-electron chi connectivity index (χ1n) is 9.35. The van der Waals surface area contributed by atoms with Crippen molar-refractivity contribution < 1.29 is 22.9 Å². The minimum Gasteiger partial charge on any atom is -0.495 e. The summed E-state index contributed by atoms with van der Waals surface area (Å²) in [5, 5.41) is 14.2. The Kier molecular flexibility index (Phi) is 7.85. The van der Waals surface area contributed by atoms with Crippen molar-refractivity contribution in [3.8, 4) is 5.75 Å². The van der Waals surface area contributed by atoms with Gasteiger partial charge in [-0.15, -0.1) is 0 Å². The number of nitrogens with one attached hydrogen (secondary N) is 1. The molecule has 31 heavy (non-hydrogen) atoms. The molecule has 11 heteroatoms. The Bertz CT molecular complexity index is 1090. The molecule has 0 heterocycles. The standard InChI is InChI=1S/C20H24ClN3O6S/c1-13(2)11-22-20(25)12-23(18-9-15(21)6-8-19(18)30-4)31(28,29)16-7-5-14(3)17(10-16)24(26)27/h5-10,13H,11-12H2,1-4H3,(H,22,25). The summed E-state index contributed by atoms with van der Waals surface area (Å²) in [6.45, 7) is 5.11. The van der Waals surface area contributed by atoms with E-state index < -0.39 is 27.4 Å². The van der Waals surface area contributed by atoms with E-state index in [0.29, 0.717) is 12.1 Å². The second kappa shape index (κ2) is 9.97. The summed E-state index contributed by atoms with van der Waals surface area (Å²) in [6.07, 6.45) is 0. The van der Waals surface area contributed by atoms with Gasteiger partial charge in [-0.1, -0.05) is 31.5 Å². The molecule has 168 valence electrons. The number of hydrogen-bond acceptors (Lipinski definition) is 6. The van der Waals surface area contributed by atoms with Crippen LogP contribution in [0.25, 0.3) is 0 Å². The monoisotopic (exact) mass is 469 g/mol. The topological polar surface area (TPSA) is 119 Å². The van der Waals surface area contributed by atoms with E-state index in [1.807, 2.05) is 13.8 Å². The molecule has 0 saturated heterocycles. The molecule has 0 unspecified atom stereocenters. The van der Waals surface area contributed by atoms with Crippen molar-refractivity contribution in [3.05, 3.63) is 57.1 Å². The fourth-order valence-electron chi connectivity index (χ4n) is 2.74. The van der Waals surface area contributed by atoms with Gasteiger partial charge in [0.05, 0.1) is 22.6 Å². The SMILES string of the molecule is COc1ccc(Cl)cc1N(CC(=O)NCC(C)C)S(=O)(=O)c1ccc(C)c([N+](=O)[O-])c1. The summed E-state index contributed by atoms with van der Waals surface area (Å²) in [4.78, 5) is 22.8. The molecule has 0 bridgehead atoms. The number of hydrogen-bond donors (Lipinski definition) is 1. The Balaban J connectivity index is 2.61. The molecule has 0 aliphatic rings. The number of anilines is 1. The van der Waals surface area contributed by atoms with Crippen LogP contribution in [-0.2, 0) is 14.8 Å². The molecule has 0 aromatic heterocycles. The Hall–Kier alpha value is -2.85. The van der Waals surface area contributed by atoms with Crippen molar-refractivity contribution in [2.24, 2.45) is 5.92 Å². The maximum atomic E-state index is 13.5. The summed E-state index contributed by atoms with van der Waals surface area (Å²) in [5.74, 6) is -0.207. The van der Waals surface area contributed by atoms with Gasteiger partial charge in [-0.05, 0) is 37.1 Å². The molecule has 1 amide bonds. The van der Waals surface area contributed by atoms with Crippen LogP contribution in [-0.4, -0.2) is 39.4 Å². The van der Waals surface area contributed by atoms with Crippen LogP contribution in [0.1, 0.15) is 19.4 Å². The fourth-order valence-corrected chi connectivity index (χ4v) is 4.35. The molecule has 2 rings (SSSR count). The number of benzene rings is 2. The lowest BCUT2D eigenvalue weighted by molar-refractivity contribution is -0.385. The highest BCUT2D eigenvalue weighted by molar-refractivity contribution is 7.92. The first kappa shape index (κ1) is 24.4. The molecule has 0 fully saturated rings. The number of halogens is 1. The number of nitro benzene ring substituents is 1. The maximum Gasteiger partial charge on any atom is 0.273 e. The van der Waals surface area contributed by atoms with Gasteiger partial charge in [0.2, 0.25) is 5.91 Å². The normalized spacial score (nSPS) is 11.3. The van der Waals surface area contributed by atoms with Crippen LogP contribution in [0.2, 0.25) is 5.02 Å². The first-order valence-corrected chi connectivity index (χ1v) is 11.2. The lowest BCUT2D eigenvalue weighted by atomic mass is 10.2. The van der Waals surface area contributed by atoms with Crippen molar-refractivity contribution in [1.82, 2.24) is 5.32 Å². The highest BCUT2D eigenvalue weighted by Gasteiger charge is 2.31. The van der Waals surface area contributed by atoms with Crippen LogP contribution >= 0.6 is 11.6 Å². The Labute approximate surface area is 186 Å². The molecule has 2 aromatic rings. The predicted octanol–water partition coefficient (Wildman–Crippen LogP) is 3.53. The quantitative estimate of drug-likeness (QED) is 0.443. The van der Waals surface area contributed by atoms with Crippen LogP contribution in [0.5, 0.6) is 5.75 Å². The van der Waals surface area contributed by atoms with Crippen molar-refractivity contribution in [2.45, 2.75) is 25.7 Å². The minimum absolute atomic E-state index is 0.0397. The fraction of sp³-hybridized carbons (Fsp3) is 0.350. The largest absolute Gasteiger partial charge is 0.495 e. The number of methoxy groups -OCH3 is 1. The van der Waals surface area contributed by atoms with Gasteiger partial charge in [-0.2, -0.15) is 0 Å². The number of sulfonamides is 1. The van der Waals surface area contributed by atoms with Crippen LogP contribution < -0.4 is 14.4 Å². The third-order valence-electron chi connectivity index (χ3n) is 4.37. The molecule has 1 N–H and O–H groups in total. The van der Waals surface area contributed by atoms with E-state index in [0.717, 1.165) is 10.4 Å². The zero-order chi connectivity index (χ0) is 23.3. The Morgan fingerprint density at radius 2 is 1.94 bits per heavy atom. The van der Waals surface area contributed by atoms with Gasteiger partial charge < -0.3 is 10.1 Å². The minimum atomic E-state index is -4.38. The lowest BCUT2D eigenvalue weighted by Gasteiger charge is -2.26. The van der Waals surface area contributed by atoms with Gasteiger partial charge in [0.15, 0.2) is 0 Å². The smallest absolute Gasteiger partial charge is 0.273 e. The predicted molar refractivity (Wildman–Crippen MR) is 118 cm³/mol. The number of carbonyl (C=O) groups excluding carboxylic acids is 1. The number of carbonyl (C=O) groups is 1. The first-order chi connectivity index (χ1) is 14.5. The summed E-state index contributed by atoms with van der Waals surface area (Å²) < 4.78 is 33.1. The maximum absolute atomic E-state index is 13.5. The number of nitrogens with zero attached hydrogens (tertiary/aromatic N) is 2. The zero-order valence-corrected chi connectivity index (χ0v) is 19.2.